The van der Waals surface area contributed by atoms with E-state index in [1.807, 2.05) is 31.2 Å². The molecule has 0 saturated heterocycles. The highest BCUT2D eigenvalue weighted by molar-refractivity contribution is 7.17. The summed E-state index contributed by atoms with van der Waals surface area (Å²) < 4.78 is 1.22. The van der Waals surface area contributed by atoms with E-state index in [4.69, 9.17) is 5.73 Å². The normalized spacial score (nSPS) is 10.8. The van der Waals surface area contributed by atoms with Gasteiger partial charge in [0.05, 0.1) is 0 Å². The Hall–Kier alpha value is -2.13. The summed E-state index contributed by atoms with van der Waals surface area (Å²) in [6.07, 6.45) is 0.400. The zero-order valence-corrected chi connectivity index (χ0v) is 12.0. The number of Topliss-reactive ketones (excluding diaryl/α,β-unsaturated/α-hetero) is 1. The molecular formula is C17H15NOS. The average molecular weight is 281 g/mol. The molecule has 0 aliphatic rings. The second-order valence-corrected chi connectivity index (χ2v) is 5.86. The van der Waals surface area contributed by atoms with Gasteiger partial charge in [0.15, 0.2) is 5.78 Å². The van der Waals surface area contributed by atoms with E-state index in [9.17, 15) is 4.79 Å². The number of nitrogen functional groups attached to an aromatic ring is 1. The van der Waals surface area contributed by atoms with Crippen molar-refractivity contribution in [3.05, 3.63) is 64.5 Å². The Kier molecular flexibility index (Phi) is 3.28. The van der Waals surface area contributed by atoms with Crippen molar-refractivity contribution in [2.75, 3.05) is 5.73 Å². The molecule has 1 heterocycles. The third kappa shape index (κ3) is 2.32. The second-order valence-electron chi connectivity index (χ2n) is 4.95. The Balaban J connectivity index is 1.94. The average Bonchev–Trinajstić information content (AvgIpc) is 2.85. The zero-order valence-electron chi connectivity index (χ0n) is 11.2. The predicted molar refractivity (Wildman–Crippen MR) is 85.5 cm³/mol. The fraction of sp³-hybridized carbons (Fsp3) is 0.118. The number of carbonyl (C=O) groups excluding carboxylic acids is 1. The lowest BCUT2D eigenvalue weighted by atomic mass is 10.00. The van der Waals surface area contributed by atoms with Crippen LogP contribution in [0.25, 0.3) is 10.1 Å². The van der Waals surface area contributed by atoms with Crippen molar-refractivity contribution in [2.45, 2.75) is 13.3 Å². The molecule has 2 aromatic carbocycles. The first kappa shape index (κ1) is 12.9. The van der Waals surface area contributed by atoms with E-state index in [1.54, 1.807) is 17.4 Å². The predicted octanol–water partition coefficient (Wildman–Crippen LogP) is 4.22. The Bertz CT molecular complexity index is 789. The molecule has 0 amide bonds. The first-order valence-corrected chi connectivity index (χ1v) is 7.37. The summed E-state index contributed by atoms with van der Waals surface area (Å²) in [4.78, 5) is 12.5. The van der Waals surface area contributed by atoms with Gasteiger partial charge < -0.3 is 5.73 Å². The fourth-order valence-electron chi connectivity index (χ4n) is 2.35. The van der Waals surface area contributed by atoms with E-state index in [0.29, 0.717) is 17.7 Å². The Morgan fingerprint density at radius 1 is 1.20 bits per heavy atom. The maximum Gasteiger partial charge on any atom is 0.169 e. The minimum absolute atomic E-state index is 0.0785. The third-order valence-electron chi connectivity index (χ3n) is 3.42. The van der Waals surface area contributed by atoms with Gasteiger partial charge in [0, 0.05) is 22.4 Å². The second kappa shape index (κ2) is 5.10. The van der Waals surface area contributed by atoms with Gasteiger partial charge in [-0.05, 0) is 41.5 Å². The summed E-state index contributed by atoms with van der Waals surface area (Å²) >= 11 is 1.67. The highest BCUT2D eigenvalue weighted by Crippen LogP contribution is 2.27. The number of anilines is 1. The number of carbonyl (C=O) groups is 1. The highest BCUT2D eigenvalue weighted by atomic mass is 32.1. The van der Waals surface area contributed by atoms with Gasteiger partial charge in [-0.1, -0.05) is 29.8 Å². The largest absolute Gasteiger partial charge is 0.398 e. The number of thiophene rings is 1. The van der Waals surface area contributed by atoms with E-state index in [0.717, 1.165) is 16.5 Å². The van der Waals surface area contributed by atoms with Crippen LogP contribution in [-0.4, -0.2) is 5.78 Å². The number of aryl methyl sites for hydroxylation is 1. The number of rotatable bonds is 3. The smallest absolute Gasteiger partial charge is 0.169 e. The van der Waals surface area contributed by atoms with Crippen LogP contribution >= 0.6 is 11.3 Å². The molecule has 0 saturated carbocycles. The van der Waals surface area contributed by atoms with Gasteiger partial charge in [0.1, 0.15) is 0 Å². The lowest BCUT2D eigenvalue weighted by Gasteiger charge is -2.06. The lowest BCUT2D eigenvalue weighted by Crippen LogP contribution is -2.07. The van der Waals surface area contributed by atoms with Crippen LogP contribution in [0, 0.1) is 6.92 Å². The summed E-state index contributed by atoms with van der Waals surface area (Å²) in [6, 6.07) is 13.8. The molecule has 2 nitrogen and oxygen atoms in total. The van der Waals surface area contributed by atoms with Gasteiger partial charge >= 0.3 is 0 Å². The van der Waals surface area contributed by atoms with Crippen molar-refractivity contribution in [1.82, 2.24) is 0 Å². The quantitative estimate of drug-likeness (QED) is 0.577. The summed E-state index contributed by atoms with van der Waals surface area (Å²) in [5, 5.41) is 3.23. The molecule has 1 aromatic heterocycles. The van der Waals surface area contributed by atoms with E-state index in [2.05, 4.69) is 17.5 Å². The van der Waals surface area contributed by atoms with Gasteiger partial charge in [-0.25, -0.2) is 0 Å². The Morgan fingerprint density at radius 2 is 2.00 bits per heavy atom. The molecule has 3 rings (SSSR count). The fourth-order valence-corrected chi connectivity index (χ4v) is 3.31. The van der Waals surface area contributed by atoms with E-state index in [-0.39, 0.29) is 5.78 Å². The number of nitrogens with two attached hydrogens (primary N) is 1. The minimum Gasteiger partial charge on any atom is -0.398 e. The maximum atomic E-state index is 12.5. The van der Waals surface area contributed by atoms with Crippen LogP contribution in [0.2, 0.25) is 0 Å². The molecule has 100 valence electrons. The molecule has 3 aromatic rings. The summed E-state index contributed by atoms with van der Waals surface area (Å²) in [5.74, 6) is 0.0785. The van der Waals surface area contributed by atoms with Crippen molar-refractivity contribution in [3.8, 4) is 0 Å². The molecule has 20 heavy (non-hydrogen) atoms. The molecule has 0 fully saturated rings. The van der Waals surface area contributed by atoms with Crippen molar-refractivity contribution in [2.24, 2.45) is 0 Å². The third-order valence-corrected chi connectivity index (χ3v) is 4.43. The van der Waals surface area contributed by atoms with Crippen LogP contribution in [-0.2, 0) is 6.42 Å². The standard InChI is InChI=1S/C17H15NOS/c1-11-6-7-15(18)14(8-11)16(19)9-12-10-20-17-5-3-2-4-13(12)17/h2-8,10H,9,18H2,1H3. The number of fused-ring (bicyclic) bond motifs is 1. The van der Waals surface area contributed by atoms with Gasteiger partial charge in [-0.3, -0.25) is 4.79 Å². The van der Waals surface area contributed by atoms with Crippen molar-refractivity contribution < 1.29 is 4.79 Å². The van der Waals surface area contributed by atoms with Gasteiger partial charge in [0.25, 0.3) is 0 Å². The number of hydrogen-bond acceptors (Lipinski definition) is 3. The zero-order chi connectivity index (χ0) is 14.1. The van der Waals surface area contributed by atoms with Crippen LogP contribution in [0.3, 0.4) is 0 Å². The van der Waals surface area contributed by atoms with Gasteiger partial charge in [-0.2, -0.15) is 0 Å². The molecule has 0 bridgehead atoms. The molecule has 2 N–H and O–H groups in total. The molecule has 0 atom stereocenters. The molecule has 0 unspecified atom stereocenters. The summed E-state index contributed by atoms with van der Waals surface area (Å²) in [6.45, 7) is 1.97. The van der Waals surface area contributed by atoms with E-state index in [1.165, 1.54) is 4.70 Å². The molecule has 0 radical (unpaired) electrons. The number of benzene rings is 2. The van der Waals surface area contributed by atoms with Crippen LogP contribution in [0.15, 0.2) is 47.8 Å². The number of ketones is 1. The van der Waals surface area contributed by atoms with Crippen molar-refractivity contribution in [1.29, 1.82) is 0 Å². The summed E-state index contributed by atoms with van der Waals surface area (Å²) in [7, 11) is 0. The van der Waals surface area contributed by atoms with Crippen LogP contribution < -0.4 is 5.73 Å². The first-order valence-electron chi connectivity index (χ1n) is 6.49. The molecule has 3 heteroatoms. The van der Waals surface area contributed by atoms with E-state index >= 15 is 0 Å². The molecule has 0 aliphatic heterocycles. The van der Waals surface area contributed by atoms with Crippen molar-refractivity contribution >= 4 is 32.9 Å². The minimum atomic E-state index is 0.0785. The Labute approximate surface area is 121 Å². The first-order chi connectivity index (χ1) is 9.65. The van der Waals surface area contributed by atoms with Crippen LogP contribution in [0.1, 0.15) is 21.5 Å². The monoisotopic (exact) mass is 281 g/mol. The molecule has 0 spiro atoms. The molecular weight excluding hydrogens is 266 g/mol. The SMILES string of the molecule is Cc1ccc(N)c(C(=O)Cc2csc3ccccc23)c1. The topological polar surface area (TPSA) is 43.1 Å². The molecule has 0 aliphatic carbocycles. The van der Waals surface area contributed by atoms with Crippen molar-refractivity contribution in [3.63, 3.8) is 0 Å². The Morgan fingerprint density at radius 3 is 2.85 bits per heavy atom. The maximum absolute atomic E-state index is 12.5. The lowest BCUT2D eigenvalue weighted by molar-refractivity contribution is 0.0994. The van der Waals surface area contributed by atoms with Gasteiger partial charge in [-0.15, -0.1) is 11.3 Å². The summed E-state index contributed by atoms with van der Waals surface area (Å²) in [5.41, 5.74) is 9.23. The number of hydrogen-bond donors (Lipinski definition) is 1. The van der Waals surface area contributed by atoms with Gasteiger partial charge in [0.2, 0.25) is 0 Å². The highest BCUT2D eigenvalue weighted by Gasteiger charge is 2.13. The van der Waals surface area contributed by atoms with Crippen LogP contribution in [0.5, 0.6) is 0 Å². The van der Waals surface area contributed by atoms with E-state index < -0.39 is 0 Å². The van der Waals surface area contributed by atoms with Crippen LogP contribution in [0.4, 0.5) is 5.69 Å².